The largest absolute Gasteiger partial charge is 0.397 e. The molecule has 0 aliphatic heterocycles. The summed E-state index contributed by atoms with van der Waals surface area (Å²) in [5.41, 5.74) is 6.19. The summed E-state index contributed by atoms with van der Waals surface area (Å²) in [7, 11) is 0. The molecule has 4 nitrogen and oxygen atoms in total. The van der Waals surface area contributed by atoms with Crippen molar-refractivity contribution in [2.75, 3.05) is 11.1 Å². The topological polar surface area (TPSA) is 63.8 Å². The molecule has 5 heteroatoms. The minimum absolute atomic E-state index is 0.671. The van der Waals surface area contributed by atoms with Crippen LogP contribution >= 0.6 is 11.3 Å². The molecule has 0 saturated heterocycles. The average molecular weight is 206 g/mol. The zero-order valence-corrected chi connectivity index (χ0v) is 8.29. The van der Waals surface area contributed by atoms with Gasteiger partial charge in [0, 0.05) is 11.6 Å². The van der Waals surface area contributed by atoms with Crippen LogP contribution in [-0.2, 0) is 6.54 Å². The Hall–Kier alpha value is -1.62. The lowest BCUT2D eigenvalue weighted by molar-refractivity contribution is 1.08. The van der Waals surface area contributed by atoms with Gasteiger partial charge >= 0.3 is 0 Å². The number of anilines is 2. The molecule has 3 N–H and O–H groups in total. The first-order chi connectivity index (χ1) is 6.84. The van der Waals surface area contributed by atoms with Crippen molar-refractivity contribution in [1.82, 2.24) is 9.97 Å². The number of rotatable bonds is 3. The molecule has 0 unspecified atom stereocenters. The second-order valence-corrected chi connectivity index (χ2v) is 3.74. The van der Waals surface area contributed by atoms with Crippen molar-refractivity contribution in [1.29, 1.82) is 0 Å². The molecular weight excluding hydrogens is 196 g/mol. The molecule has 0 aliphatic carbocycles. The molecule has 2 rings (SSSR count). The summed E-state index contributed by atoms with van der Waals surface area (Å²) in [6.07, 6.45) is 3.42. The van der Waals surface area contributed by atoms with Crippen molar-refractivity contribution >= 4 is 22.8 Å². The predicted molar refractivity (Wildman–Crippen MR) is 58.1 cm³/mol. The molecule has 0 spiro atoms. The first kappa shape index (κ1) is 8.96. The summed E-state index contributed by atoms with van der Waals surface area (Å²) >= 11 is 1.62. The Balaban J connectivity index is 1.95. The summed E-state index contributed by atoms with van der Waals surface area (Å²) in [4.78, 5) is 8.27. The normalized spacial score (nSPS) is 10.0. The highest BCUT2D eigenvalue weighted by Gasteiger charge is 1.96. The molecule has 0 fully saturated rings. The molecule has 0 saturated carbocycles. The highest BCUT2D eigenvalue weighted by molar-refractivity contribution is 7.09. The fourth-order valence-corrected chi connectivity index (χ4v) is 1.57. The minimum Gasteiger partial charge on any atom is -0.397 e. The molecule has 72 valence electrons. The number of hydrogen-bond donors (Lipinski definition) is 2. The van der Waals surface area contributed by atoms with E-state index < -0.39 is 0 Å². The van der Waals surface area contributed by atoms with E-state index in [2.05, 4.69) is 15.3 Å². The molecule has 0 bridgehead atoms. The molecule has 2 aromatic heterocycles. The zero-order chi connectivity index (χ0) is 9.80. The Kier molecular flexibility index (Phi) is 2.60. The quantitative estimate of drug-likeness (QED) is 0.802. The van der Waals surface area contributed by atoms with Crippen molar-refractivity contribution in [2.24, 2.45) is 0 Å². The number of nitrogens with two attached hydrogens (primary N) is 1. The van der Waals surface area contributed by atoms with Crippen LogP contribution in [0.25, 0.3) is 0 Å². The minimum atomic E-state index is 0.671. The number of nitrogen functional groups attached to an aromatic ring is 1. The van der Waals surface area contributed by atoms with Crippen LogP contribution in [-0.4, -0.2) is 9.97 Å². The van der Waals surface area contributed by atoms with Crippen LogP contribution < -0.4 is 11.1 Å². The maximum atomic E-state index is 5.52. The smallest absolute Gasteiger partial charge is 0.126 e. The van der Waals surface area contributed by atoms with E-state index >= 15 is 0 Å². The summed E-state index contributed by atoms with van der Waals surface area (Å²) < 4.78 is 0. The number of nitrogens with zero attached hydrogens (tertiary/aromatic N) is 2. The van der Waals surface area contributed by atoms with Crippen LogP contribution in [0.15, 0.2) is 29.9 Å². The number of hydrogen-bond acceptors (Lipinski definition) is 5. The van der Waals surface area contributed by atoms with Gasteiger partial charge in [-0.2, -0.15) is 0 Å². The molecule has 0 aliphatic rings. The number of nitrogens with one attached hydrogen (secondary N) is 1. The zero-order valence-electron chi connectivity index (χ0n) is 7.47. The maximum Gasteiger partial charge on any atom is 0.126 e. The van der Waals surface area contributed by atoms with E-state index in [0.29, 0.717) is 12.2 Å². The molecule has 2 aromatic rings. The molecule has 0 atom stereocenters. The Morgan fingerprint density at radius 2 is 2.29 bits per heavy atom. The third-order valence-electron chi connectivity index (χ3n) is 1.69. The molecule has 0 aromatic carbocycles. The summed E-state index contributed by atoms with van der Waals surface area (Å²) in [6, 6.07) is 3.67. The van der Waals surface area contributed by atoms with Gasteiger partial charge in [0.1, 0.15) is 10.8 Å². The van der Waals surface area contributed by atoms with E-state index in [0.717, 1.165) is 10.8 Å². The van der Waals surface area contributed by atoms with E-state index in [4.69, 9.17) is 5.73 Å². The van der Waals surface area contributed by atoms with Gasteiger partial charge in [-0.1, -0.05) is 0 Å². The molecule has 14 heavy (non-hydrogen) atoms. The van der Waals surface area contributed by atoms with Crippen LogP contribution in [0.4, 0.5) is 11.5 Å². The van der Waals surface area contributed by atoms with Gasteiger partial charge in [0.25, 0.3) is 0 Å². The van der Waals surface area contributed by atoms with Gasteiger partial charge in [0.2, 0.25) is 0 Å². The lowest BCUT2D eigenvalue weighted by Gasteiger charge is -2.02. The van der Waals surface area contributed by atoms with Gasteiger partial charge in [-0.15, -0.1) is 11.3 Å². The van der Waals surface area contributed by atoms with Crippen molar-refractivity contribution in [3.05, 3.63) is 34.9 Å². The third-order valence-corrected chi connectivity index (χ3v) is 2.47. The van der Waals surface area contributed by atoms with Crippen LogP contribution in [0.5, 0.6) is 0 Å². The number of thiazole rings is 1. The number of pyridine rings is 1. The van der Waals surface area contributed by atoms with E-state index in [-0.39, 0.29) is 0 Å². The lowest BCUT2D eigenvalue weighted by atomic mass is 10.4. The van der Waals surface area contributed by atoms with Gasteiger partial charge in [-0.25, -0.2) is 9.97 Å². The lowest BCUT2D eigenvalue weighted by Crippen LogP contribution is -2.00. The average Bonchev–Trinajstić information content (AvgIpc) is 2.70. The van der Waals surface area contributed by atoms with E-state index in [1.165, 1.54) is 0 Å². The second-order valence-electron chi connectivity index (χ2n) is 2.76. The Morgan fingerprint density at radius 3 is 2.93 bits per heavy atom. The van der Waals surface area contributed by atoms with Gasteiger partial charge in [0.15, 0.2) is 0 Å². The highest BCUT2D eigenvalue weighted by Crippen LogP contribution is 2.09. The fourth-order valence-electron chi connectivity index (χ4n) is 1.02. The van der Waals surface area contributed by atoms with E-state index in [1.54, 1.807) is 23.7 Å². The van der Waals surface area contributed by atoms with Crippen molar-refractivity contribution in [3.8, 4) is 0 Å². The molecule has 0 amide bonds. The van der Waals surface area contributed by atoms with Crippen LogP contribution in [0.2, 0.25) is 0 Å². The van der Waals surface area contributed by atoms with Crippen LogP contribution in [0, 0.1) is 0 Å². The number of aromatic nitrogens is 2. The van der Waals surface area contributed by atoms with Crippen molar-refractivity contribution < 1.29 is 0 Å². The molecular formula is C9H10N4S. The summed E-state index contributed by atoms with van der Waals surface area (Å²) in [5, 5.41) is 6.15. The predicted octanol–water partition coefficient (Wildman–Crippen LogP) is 1.73. The fraction of sp³-hybridized carbons (Fsp3) is 0.111. The van der Waals surface area contributed by atoms with Gasteiger partial charge in [-0.05, 0) is 12.1 Å². The van der Waals surface area contributed by atoms with Gasteiger partial charge in [-0.3, -0.25) is 0 Å². The third kappa shape index (κ3) is 2.20. The Bertz CT molecular complexity index is 382. The van der Waals surface area contributed by atoms with Crippen molar-refractivity contribution in [3.63, 3.8) is 0 Å². The van der Waals surface area contributed by atoms with Crippen LogP contribution in [0.1, 0.15) is 5.01 Å². The van der Waals surface area contributed by atoms with Crippen LogP contribution in [0.3, 0.4) is 0 Å². The Labute approximate surface area is 85.8 Å². The van der Waals surface area contributed by atoms with Gasteiger partial charge in [0.05, 0.1) is 18.4 Å². The first-order valence-corrected chi connectivity index (χ1v) is 5.06. The van der Waals surface area contributed by atoms with Crippen molar-refractivity contribution in [2.45, 2.75) is 6.54 Å². The maximum absolute atomic E-state index is 5.52. The highest BCUT2D eigenvalue weighted by atomic mass is 32.1. The van der Waals surface area contributed by atoms with E-state index in [9.17, 15) is 0 Å². The first-order valence-electron chi connectivity index (χ1n) is 4.18. The standard InChI is InChI=1S/C9H10N4S/c10-7-1-2-8(12-5-7)13-6-9-11-3-4-14-9/h1-5H,6,10H2,(H,12,13). The van der Waals surface area contributed by atoms with E-state index in [1.807, 2.05) is 17.5 Å². The SMILES string of the molecule is Nc1ccc(NCc2nccs2)nc1. The monoisotopic (exact) mass is 206 g/mol. The second kappa shape index (κ2) is 4.06. The van der Waals surface area contributed by atoms with Gasteiger partial charge < -0.3 is 11.1 Å². The summed E-state index contributed by atoms with van der Waals surface area (Å²) in [6.45, 7) is 0.703. The molecule has 2 heterocycles. The molecule has 0 radical (unpaired) electrons. The Morgan fingerprint density at radius 1 is 1.36 bits per heavy atom. The summed E-state index contributed by atoms with van der Waals surface area (Å²) in [5.74, 6) is 0.814.